The second-order valence-corrected chi connectivity index (χ2v) is 2.95. The molecule has 0 saturated heterocycles. The van der Waals surface area contributed by atoms with Crippen molar-refractivity contribution in [1.29, 1.82) is 0 Å². The lowest BCUT2D eigenvalue weighted by atomic mass is 10.3. The topological polar surface area (TPSA) is 37.8 Å². The quantitative estimate of drug-likeness (QED) is 0.798. The molecular formula is C10H6F3N3. The summed E-state index contributed by atoms with van der Waals surface area (Å²) in [5.41, 5.74) is -0.374. The first-order valence-corrected chi connectivity index (χ1v) is 4.35. The van der Waals surface area contributed by atoms with Crippen LogP contribution in [0.3, 0.4) is 0 Å². The molecule has 0 spiro atoms. The van der Waals surface area contributed by atoms with Gasteiger partial charge in [-0.1, -0.05) is 6.07 Å². The minimum Gasteiger partial charge on any atom is -0.335 e. The van der Waals surface area contributed by atoms with Crippen LogP contribution in [-0.2, 0) is 0 Å². The highest BCUT2D eigenvalue weighted by Gasteiger charge is 2.09. The van der Waals surface area contributed by atoms with Gasteiger partial charge in [0.2, 0.25) is 5.95 Å². The predicted octanol–water partition coefficient (Wildman–Crippen LogP) is 2.64. The second kappa shape index (κ2) is 4.18. The lowest BCUT2D eigenvalue weighted by Gasteiger charge is -2.06. The molecule has 16 heavy (non-hydrogen) atoms. The maximum absolute atomic E-state index is 13.2. The SMILES string of the molecule is Fc1cc(Nc2c(F)cccc2F)ncn1. The summed E-state index contributed by atoms with van der Waals surface area (Å²) in [5.74, 6) is -2.36. The van der Waals surface area contributed by atoms with E-state index in [2.05, 4.69) is 15.3 Å². The molecule has 2 aromatic rings. The lowest BCUT2D eigenvalue weighted by molar-refractivity contribution is 0.578. The number of aromatic nitrogens is 2. The molecule has 2 rings (SSSR count). The minimum absolute atomic E-state index is 0.0171. The Hall–Kier alpha value is -2.11. The Morgan fingerprint density at radius 3 is 2.31 bits per heavy atom. The van der Waals surface area contributed by atoms with Crippen molar-refractivity contribution in [2.75, 3.05) is 5.32 Å². The molecule has 1 aromatic carbocycles. The van der Waals surface area contributed by atoms with Crippen LogP contribution in [0.25, 0.3) is 0 Å². The molecule has 0 aliphatic heterocycles. The Labute approximate surface area is 89.0 Å². The maximum atomic E-state index is 13.2. The van der Waals surface area contributed by atoms with E-state index in [9.17, 15) is 13.2 Å². The number of rotatable bonds is 2. The van der Waals surface area contributed by atoms with Crippen molar-refractivity contribution in [3.63, 3.8) is 0 Å². The molecule has 0 radical (unpaired) electrons. The van der Waals surface area contributed by atoms with E-state index in [0.29, 0.717) is 0 Å². The highest BCUT2D eigenvalue weighted by Crippen LogP contribution is 2.21. The molecule has 0 bridgehead atoms. The molecule has 0 atom stereocenters. The van der Waals surface area contributed by atoms with Gasteiger partial charge in [-0.15, -0.1) is 0 Å². The zero-order valence-corrected chi connectivity index (χ0v) is 7.92. The minimum atomic E-state index is -0.783. The van der Waals surface area contributed by atoms with Crippen LogP contribution in [0.1, 0.15) is 0 Å². The Morgan fingerprint density at radius 1 is 1.00 bits per heavy atom. The number of nitrogens with zero attached hydrogens (tertiary/aromatic N) is 2. The van der Waals surface area contributed by atoms with E-state index in [1.165, 1.54) is 6.07 Å². The summed E-state index contributed by atoms with van der Waals surface area (Å²) < 4.78 is 39.1. The molecule has 6 heteroatoms. The Kier molecular flexibility index (Phi) is 2.72. The number of nitrogens with one attached hydrogen (secondary N) is 1. The van der Waals surface area contributed by atoms with Gasteiger partial charge in [0.15, 0.2) is 0 Å². The van der Waals surface area contributed by atoms with Crippen molar-refractivity contribution >= 4 is 11.5 Å². The van der Waals surface area contributed by atoms with Gasteiger partial charge < -0.3 is 5.32 Å². The van der Waals surface area contributed by atoms with Crippen LogP contribution in [0, 0.1) is 17.6 Å². The Balaban J connectivity index is 2.34. The van der Waals surface area contributed by atoms with Gasteiger partial charge in [0.1, 0.15) is 29.5 Å². The normalized spacial score (nSPS) is 10.2. The Morgan fingerprint density at radius 2 is 1.69 bits per heavy atom. The molecule has 1 aromatic heterocycles. The third-order valence-corrected chi connectivity index (χ3v) is 1.85. The van der Waals surface area contributed by atoms with Crippen LogP contribution in [0.2, 0.25) is 0 Å². The molecule has 3 nitrogen and oxygen atoms in total. The van der Waals surface area contributed by atoms with Gasteiger partial charge in [-0.3, -0.25) is 0 Å². The third-order valence-electron chi connectivity index (χ3n) is 1.85. The molecule has 0 saturated carbocycles. The van der Waals surface area contributed by atoms with Gasteiger partial charge in [-0.2, -0.15) is 4.39 Å². The number of halogens is 3. The highest BCUT2D eigenvalue weighted by molar-refractivity contribution is 5.57. The van der Waals surface area contributed by atoms with E-state index in [4.69, 9.17) is 0 Å². The molecule has 1 heterocycles. The molecule has 0 amide bonds. The number of hydrogen-bond donors (Lipinski definition) is 1. The van der Waals surface area contributed by atoms with Gasteiger partial charge in [0, 0.05) is 6.07 Å². The van der Waals surface area contributed by atoms with Crippen molar-refractivity contribution < 1.29 is 13.2 Å². The van der Waals surface area contributed by atoms with E-state index in [-0.39, 0.29) is 11.5 Å². The van der Waals surface area contributed by atoms with Crippen molar-refractivity contribution in [3.8, 4) is 0 Å². The molecule has 1 N–H and O–H groups in total. The highest BCUT2D eigenvalue weighted by atomic mass is 19.1. The molecule has 0 unspecified atom stereocenters. The summed E-state index contributed by atoms with van der Waals surface area (Å²) in [4.78, 5) is 6.84. The monoisotopic (exact) mass is 225 g/mol. The average Bonchev–Trinajstić information content (AvgIpc) is 2.24. The van der Waals surface area contributed by atoms with E-state index in [1.54, 1.807) is 0 Å². The molecule has 82 valence electrons. The maximum Gasteiger partial charge on any atom is 0.218 e. The summed E-state index contributed by atoms with van der Waals surface area (Å²) in [6.07, 6.45) is 0.955. The van der Waals surface area contributed by atoms with Crippen LogP contribution >= 0.6 is 0 Å². The second-order valence-electron chi connectivity index (χ2n) is 2.95. The van der Waals surface area contributed by atoms with Gasteiger partial charge in [-0.25, -0.2) is 18.7 Å². The summed E-state index contributed by atoms with van der Waals surface area (Å²) in [6.45, 7) is 0. The van der Waals surface area contributed by atoms with Crippen molar-refractivity contribution in [2.24, 2.45) is 0 Å². The van der Waals surface area contributed by atoms with E-state index < -0.39 is 17.6 Å². The summed E-state index contributed by atoms with van der Waals surface area (Å²) in [6, 6.07) is 4.34. The van der Waals surface area contributed by atoms with Crippen LogP contribution in [0.4, 0.5) is 24.7 Å². The van der Waals surface area contributed by atoms with Gasteiger partial charge >= 0.3 is 0 Å². The number of benzene rings is 1. The van der Waals surface area contributed by atoms with E-state index in [0.717, 1.165) is 24.5 Å². The van der Waals surface area contributed by atoms with Crippen molar-refractivity contribution in [2.45, 2.75) is 0 Å². The largest absolute Gasteiger partial charge is 0.335 e. The first-order chi connectivity index (χ1) is 7.66. The molecular weight excluding hydrogens is 219 g/mol. The van der Waals surface area contributed by atoms with Crippen molar-refractivity contribution in [3.05, 3.63) is 48.2 Å². The molecule has 0 aliphatic rings. The zero-order chi connectivity index (χ0) is 11.5. The summed E-state index contributed by atoms with van der Waals surface area (Å²) in [7, 11) is 0. The summed E-state index contributed by atoms with van der Waals surface area (Å²) in [5, 5.41) is 2.34. The number of hydrogen-bond acceptors (Lipinski definition) is 3. The van der Waals surface area contributed by atoms with Gasteiger partial charge in [0.05, 0.1) is 0 Å². The van der Waals surface area contributed by atoms with Crippen LogP contribution in [-0.4, -0.2) is 9.97 Å². The summed E-state index contributed by atoms with van der Waals surface area (Å²) >= 11 is 0. The number of para-hydroxylation sites is 1. The number of anilines is 2. The van der Waals surface area contributed by atoms with Crippen LogP contribution in [0.15, 0.2) is 30.6 Å². The fraction of sp³-hybridized carbons (Fsp3) is 0. The molecule has 0 fully saturated rings. The van der Waals surface area contributed by atoms with E-state index in [1.807, 2.05) is 0 Å². The zero-order valence-electron chi connectivity index (χ0n) is 7.92. The fourth-order valence-corrected chi connectivity index (χ4v) is 1.15. The third kappa shape index (κ3) is 2.10. The van der Waals surface area contributed by atoms with Crippen molar-refractivity contribution in [1.82, 2.24) is 9.97 Å². The average molecular weight is 225 g/mol. The van der Waals surface area contributed by atoms with Crippen LogP contribution in [0.5, 0.6) is 0 Å². The first kappa shape index (κ1) is 10.4. The predicted molar refractivity (Wildman–Crippen MR) is 51.6 cm³/mol. The van der Waals surface area contributed by atoms with Gasteiger partial charge in [-0.05, 0) is 12.1 Å². The lowest BCUT2D eigenvalue weighted by Crippen LogP contribution is -2.00. The van der Waals surface area contributed by atoms with E-state index >= 15 is 0 Å². The fourth-order valence-electron chi connectivity index (χ4n) is 1.15. The van der Waals surface area contributed by atoms with Gasteiger partial charge in [0.25, 0.3) is 0 Å². The Bertz CT molecular complexity index is 496. The standard InChI is InChI=1S/C10H6F3N3/c11-6-2-1-3-7(12)10(6)16-9-4-8(13)14-5-15-9/h1-5H,(H,14,15,16). The first-order valence-electron chi connectivity index (χ1n) is 4.35. The molecule has 0 aliphatic carbocycles. The van der Waals surface area contributed by atoms with Crippen LogP contribution < -0.4 is 5.32 Å². The smallest absolute Gasteiger partial charge is 0.218 e.